The quantitative estimate of drug-likeness (QED) is 0.473. The van der Waals surface area contributed by atoms with E-state index in [4.69, 9.17) is 11.6 Å². The molecule has 0 atom stereocenters. The van der Waals surface area contributed by atoms with Crippen molar-refractivity contribution >= 4 is 11.6 Å². The van der Waals surface area contributed by atoms with E-state index in [1.54, 1.807) is 12.1 Å². The van der Waals surface area contributed by atoms with Gasteiger partial charge in [-0.3, -0.25) is 0 Å². The van der Waals surface area contributed by atoms with Crippen LogP contribution < -0.4 is 0 Å². The molecule has 25 heavy (non-hydrogen) atoms. The zero-order chi connectivity index (χ0) is 17.6. The third-order valence-corrected chi connectivity index (χ3v) is 6.97. The van der Waals surface area contributed by atoms with Crippen molar-refractivity contribution in [2.45, 2.75) is 71.1 Å². The van der Waals surface area contributed by atoms with Crippen LogP contribution in [0.3, 0.4) is 0 Å². The van der Waals surface area contributed by atoms with E-state index in [1.807, 2.05) is 6.07 Å². The fraction of sp³-hybridized carbons (Fsp3) is 0.652. The third kappa shape index (κ3) is 5.33. The Balaban J connectivity index is 1.39. The first-order chi connectivity index (χ1) is 12.2. The number of rotatable bonds is 5. The molecule has 2 aliphatic carbocycles. The van der Waals surface area contributed by atoms with E-state index in [-0.39, 0.29) is 10.8 Å². The van der Waals surface area contributed by atoms with Crippen LogP contribution in [0.5, 0.6) is 0 Å². The highest BCUT2D eigenvalue weighted by atomic mass is 35.5. The maximum atomic E-state index is 13.5. The van der Waals surface area contributed by atoms with E-state index >= 15 is 0 Å². The highest BCUT2D eigenvalue weighted by molar-refractivity contribution is 6.30. The van der Waals surface area contributed by atoms with E-state index in [1.165, 1.54) is 57.8 Å². The summed E-state index contributed by atoms with van der Waals surface area (Å²) in [6.45, 7) is 2.14. The maximum absolute atomic E-state index is 13.5. The first-order valence-electron chi connectivity index (χ1n) is 10.2. The van der Waals surface area contributed by atoms with Crippen LogP contribution in [0.25, 0.3) is 0 Å². The minimum Gasteiger partial charge on any atom is -0.205 e. The standard InChI is InChI=1S/C23H32ClF/c1-2-3-17-6-11-20(12-7-17)21-13-8-18(9-14-21)4-5-19-10-15-22(24)23(25)16-19/h2-3,10,15-18,20-21H,4-9,11-14H2,1H3/b3-2+/t17-,18?,20-,21?. The largest absolute Gasteiger partial charge is 0.205 e. The molecule has 0 nitrogen and oxygen atoms in total. The van der Waals surface area contributed by atoms with Crippen LogP contribution in [0.2, 0.25) is 5.02 Å². The van der Waals surface area contributed by atoms with Gasteiger partial charge in [-0.25, -0.2) is 4.39 Å². The molecule has 0 N–H and O–H groups in total. The molecule has 1 aromatic carbocycles. The van der Waals surface area contributed by atoms with Crippen LogP contribution in [-0.4, -0.2) is 0 Å². The fourth-order valence-corrected chi connectivity index (χ4v) is 5.21. The molecule has 0 aromatic heterocycles. The van der Waals surface area contributed by atoms with Crippen molar-refractivity contribution < 1.29 is 4.39 Å². The van der Waals surface area contributed by atoms with Gasteiger partial charge in [-0.15, -0.1) is 0 Å². The maximum Gasteiger partial charge on any atom is 0.142 e. The average Bonchev–Trinajstić information content (AvgIpc) is 2.64. The van der Waals surface area contributed by atoms with Gasteiger partial charge in [0.1, 0.15) is 5.82 Å². The van der Waals surface area contributed by atoms with Gasteiger partial charge in [0.25, 0.3) is 0 Å². The lowest BCUT2D eigenvalue weighted by Gasteiger charge is -2.37. The summed E-state index contributed by atoms with van der Waals surface area (Å²) in [5, 5.41) is 0.230. The van der Waals surface area contributed by atoms with Gasteiger partial charge in [0.2, 0.25) is 0 Å². The van der Waals surface area contributed by atoms with Crippen LogP contribution in [-0.2, 0) is 6.42 Å². The molecule has 1 aromatic rings. The van der Waals surface area contributed by atoms with Gasteiger partial charge in [0.05, 0.1) is 5.02 Å². The molecule has 2 heteroatoms. The summed E-state index contributed by atoms with van der Waals surface area (Å²) in [6, 6.07) is 5.27. The van der Waals surface area contributed by atoms with Gasteiger partial charge in [-0.2, -0.15) is 0 Å². The number of hydrogen-bond acceptors (Lipinski definition) is 0. The molecule has 0 bridgehead atoms. The summed E-state index contributed by atoms with van der Waals surface area (Å²) in [5.74, 6) is 3.34. The van der Waals surface area contributed by atoms with Crippen molar-refractivity contribution in [3.63, 3.8) is 0 Å². The Bertz CT molecular complexity index is 563. The third-order valence-electron chi connectivity index (χ3n) is 6.66. The molecular formula is C23H32ClF. The lowest BCUT2D eigenvalue weighted by atomic mass is 9.68. The topological polar surface area (TPSA) is 0 Å². The Morgan fingerprint density at radius 1 is 1.00 bits per heavy atom. The summed E-state index contributed by atoms with van der Waals surface area (Å²) >= 11 is 5.77. The summed E-state index contributed by atoms with van der Waals surface area (Å²) in [6.07, 6.45) is 18.1. The van der Waals surface area contributed by atoms with E-state index in [0.717, 1.165) is 35.7 Å². The van der Waals surface area contributed by atoms with Crippen LogP contribution in [0.15, 0.2) is 30.4 Å². The minimum absolute atomic E-state index is 0.230. The lowest BCUT2D eigenvalue weighted by Crippen LogP contribution is -2.25. The second kappa shape index (κ2) is 9.21. The summed E-state index contributed by atoms with van der Waals surface area (Å²) < 4.78 is 13.5. The van der Waals surface area contributed by atoms with Gasteiger partial charge in [-0.05, 0) is 99.7 Å². The second-order valence-corrected chi connectivity index (χ2v) is 8.68. The Morgan fingerprint density at radius 2 is 1.64 bits per heavy atom. The van der Waals surface area contributed by atoms with E-state index in [2.05, 4.69) is 19.1 Å². The van der Waals surface area contributed by atoms with Crippen molar-refractivity contribution in [2.75, 3.05) is 0 Å². The molecule has 0 spiro atoms. The molecule has 0 aliphatic heterocycles. The van der Waals surface area contributed by atoms with E-state index in [9.17, 15) is 4.39 Å². The van der Waals surface area contributed by atoms with E-state index < -0.39 is 0 Å². The molecule has 2 fully saturated rings. The number of hydrogen-bond donors (Lipinski definition) is 0. The lowest BCUT2D eigenvalue weighted by molar-refractivity contribution is 0.152. The van der Waals surface area contributed by atoms with Gasteiger partial charge in [0, 0.05) is 0 Å². The Hall–Kier alpha value is -0.820. The van der Waals surface area contributed by atoms with Crippen molar-refractivity contribution in [1.82, 2.24) is 0 Å². The minimum atomic E-state index is -0.281. The fourth-order valence-electron chi connectivity index (χ4n) is 5.10. The molecular weight excluding hydrogens is 331 g/mol. The summed E-state index contributed by atoms with van der Waals surface area (Å²) in [7, 11) is 0. The number of halogens is 2. The van der Waals surface area contributed by atoms with Gasteiger partial charge >= 0.3 is 0 Å². The first-order valence-corrected chi connectivity index (χ1v) is 10.6. The zero-order valence-electron chi connectivity index (χ0n) is 15.5. The monoisotopic (exact) mass is 362 g/mol. The van der Waals surface area contributed by atoms with Crippen LogP contribution >= 0.6 is 11.6 Å². The van der Waals surface area contributed by atoms with Crippen LogP contribution in [0.4, 0.5) is 4.39 Å². The molecule has 0 radical (unpaired) electrons. The molecule has 0 saturated heterocycles. The van der Waals surface area contributed by atoms with Crippen LogP contribution in [0, 0.1) is 29.5 Å². The number of benzene rings is 1. The Kier molecular flexibility index (Phi) is 6.99. The van der Waals surface area contributed by atoms with E-state index in [0.29, 0.717) is 0 Å². The van der Waals surface area contributed by atoms with Crippen molar-refractivity contribution in [1.29, 1.82) is 0 Å². The van der Waals surface area contributed by atoms with Gasteiger partial charge < -0.3 is 0 Å². The SMILES string of the molecule is C/C=C/[C@H]1CC[C@H](C2CCC(CCc3ccc(Cl)c(F)c3)CC2)CC1. The molecule has 2 aliphatic rings. The van der Waals surface area contributed by atoms with Crippen LogP contribution in [0.1, 0.15) is 70.3 Å². The zero-order valence-corrected chi connectivity index (χ0v) is 16.3. The molecule has 138 valence electrons. The van der Waals surface area contributed by atoms with Crippen molar-refractivity contribution in [2.24, 2.45) is 23.7 Å². The predicted molar refractivity (Wildman–Crippen MR) is 105 cm³/mol. The van der Waals surface area contributed by atoms with Crippen molar-refractivity contribution in [3.05, 3.63) is 46.8 Å². The molecule has 2 saturated carbocycles. The Labute approximate surface area is 157 Å². The first kappa shape index (κ1) is 19.0. The molecule has 0 unspecified atom stereocenters. The van der Waals surface area contributed by atoms with Crippen molar-refractivity contribution in [3.8, 4) is 0 Å². The molecule has 0 heterocycles. The van der Waals surface area contributed by atoms with Gasteiger partial charge in [-0.1, -0.05) is 42.7 Å². The number of aryl methyl sites for hydroxylation is 1. The van der Waals surface area contributed by atoms with Gasteiger partial charge in [0.15, 0.2) is 0 Å². The smallest absolute Gasteiger partial charge is 0.142 e. The highest BCUT2D eigenvalue weighted by Crippen LogP contribution is 2.42. The normalized spacial score (nSPS) is 30.7. The molecule has 0 amide bonds. The molecule has 3 rings (SSSR count). The second-order valence-electron chi connectivity index (χ2n) is 8.27. The predicted octanol–water partition coefficient (Wildman–Crippen LogP) is 7.60. The highest BCUT2D eigenvalue weighted by Gasteiger charge is 2.30. The average molecular weight is 363 g/mol. The summed E-state index contributed by atoms with van der Waals surface area (Å²) in [4.78, 5) is 0. The summed E-state index contributed by atoms with van der Waals surface area (Å²) in [5.41, 5.74) is 1.09. The number of allylic oxidation sites excluding steroid dienone is 2. The Morgan fingerprint density at radius 3 is 2.24 bits per heavy atom.